The van der Waals surface area contributed by atoms with Gasteiger partial charge in [-0.15, -0.1) is 5.10 Å². The Morgan fingerprint density at radius 1 is 0.975 bits per heavy atom. The number of carbonyl (C=O) groups excluding carboxylic acids is 1. The van der Waals surface area contributed by atoms with Crippen LogP contribution in [-0.2, 0) is 5.54 Å². The molecule has 202 valence electrons. The minimum atomic E-state index is -0.461. The Bertz CT molecular complexity index is 1700. The van der Waals surface area contributed by atoms with Crippen molar-refractivity contribution in [1.29, 1.82) is 0 Å². The van der Waals surface area contributed by atoms with Crippen molar-refractivity contribution in [3.8, 4) is 16.9 Å². The molecular formula is C30H27BrFN7O. The molecule has 0 aliphatic carbocycles. The van der Waals surface area contributed by atoms with E-state index in [9.17, 15) is 9.18 Å². The van der Waals surface area contributed by atoms with Crippen LogP contribution in [0.2, 0.25) is 0 Å². The number of nitrogens with zero attached hydrogens (tertiary/aromatic N) is 7. The third-order valence-electron chi connectivity index (χ3n) is 7.56. The second-order valence-corrected chi connectivity index (χ2v) is 11.2. The zero-order valence-electron chi connectivity index (χ0n) is 22.1. The van der Waals surface area contributed by atoms with E-state index in [1.54, 1.807) is 30.7 Å². The highest BCUT2D eigenvalue weighted by atomic mass is 79.9. The quantitative estimate of drug-likeness (QED) is 0.266. The molecular weight excluding hydrogens is 573 g/mol. The largest absolute Gasteiger partial charge is 0.336 e. The molecule has 0 atom stereocenters. The van der Waals surface area contributed by atoms with E-state index in [4.69, 9.17) is 4.98 Å². The van der Waals surface area contributed by atoms with Crippen LogP contribution in [0.1, 0.15) is 29.9 Å². The maximum atomic E-state index is 14.5. The minimum absolute atomic E-state index is 0.0111. The first-order chi connectivity index (χ1) is 19.3. The van der Waals surface area contributed by atoms with Crippen molar-refractivity contribution < 1.29 is 9.18 Å². The van der Waals surface area contributed by atoms with Crippen LogP contribution >= 0.6 is 15.9 Å². The van der Waals surface area contributed by atoms with Gasteiger partial charge in [0.15, 0.2) is 0 Å². The van der Waals surface area contributed by atoms with E-state index in [-0.39, 0.29) is 11.7 Å². The molecule has 4 heterocycles. The lowest BCUT2D eigenvalue weighted by atomic mass is 9.97. The molecule has 1 saturated heterocycles. The summed E-state index contributed by atoms with van der Waals surface area (Å²) in [5, 5.41) is 9.41. The summed E-state index contributed by atoms with van der Waals surface area (Å²) in [5.41, 5.74) is 3.69. The number of piperazine rings is 1. The molecule has 0 bridgehead atoms. The van der Waals surface area contributed by atoms with Crippen LogP contribution in [0.4, 0.5) is 4.39 Å². The van der Waals surface area contributed by atoms with Gasteiger partial charge in [0.25, 0.3) is 5.91 Å². The van der Waals surface area contributed by atoms with E-state index in [0.29, 0.717) is 41.9 Å². The standard InChI is InChI=1S/C30H27BrFN7O/c1-30(2,28-19-39(36-35-28)27-8-7-21(31)17-24(27)32)38-15-13-37(14-16-38)29(40)23-18-26(20-9-11-33-12-10-20)34-25-6-4-3-5-22(23)25/h3-12,17-19H,13-16H2,1-2H3. The minimum Gasteiger partial charge on any atom is -0.336 e. The van der Waals surface area contributed by atoms with Crippen LogP contribution in [0.5, 0.6) is 0 Å². The number of halogens is 2. The molecule has 1 aliphatic rings. The molecule has 0 spiro atoms. The van der Waals surface area contributed by atoms with Crippen LogP contribution in [0.25, 0.3) is 27.8 Å². The topological polar surface area (TPSA) is 80.0 Å². The van der Waals surface area contributed by atoms with E-state index >= 15 is 0 Å². The van der Waals surface area contributed by atoms with Crippen molar-refractivity contribution in [2.24, 2.45) is 0 Å². The molecule has 1 aliphatic heterocycles. The van der Waals surface area contributed by atoms with Gasteiger partial charge in [-0.3, -0.25) is 14.7 Å². The normalized spacial score (nSPS) is 14.6. The van der Waals surface area contributed by atoms with E-state index in [1.807, 2.05) is 47.4 Å². The van der Waals surface area contributed by atoms with Gasteiger partial charge in [-0.05, 0) is 56.3 Å². The molecule has 1 fully saturated rings. The van der Waals surface area contributed by atoms with Gasteiger partial charge >= 0.3 is 0 Å². The van der Waals surface area contributed by atoms with Crippen molar-refractivity contribution in [3.63, 3.8) is 0 Å². The SMILES string of the molecule is CC(C)(c1cn(-c2ccc(Br)cc2F)nn1)N1CCN(C(=O)c2cc(-c3ccncc3)nc3ccccc23)CC1. The third kappa shape index (κ3) is 4.89. The second kappa shape index (κ2) is 10.5. The fourth-order valence-electron chi connectivity index (χ4n) is 5.15. The number of hydrogen-bond acceptors (Lipinski definition) is 6. The maximum Gasteiger partial charge on any atom is 0.254 e. The predicted octanol–water partition coefficient (Wildman–Crippen LogP) is 5.47. The van der Waals surface area contributed by atoms with E-state index in [2.05, 4.69) is 50.0 Å². The molecule has 0 N–H and O–H groups in total. The number of aromatic nitrogens is 5. The number of rotatable bonds is 5. The Hall–Kier alpha value is -4.02. The van der Waals surface area contributed by atoms with Gasteiger partial charge in [0, 0.05) is 54.0 Å². The van der Waals surface area contributed by atoms with Gasteiger partial charge in [-0.1, -0.05) is 39.3 Å². The number of amides is 1. The molecule has 8 nitrogen and oxygen atoms in total. The summed E-state index contributed by atoms with van der Waals surface area (Å²) in [6, 6.07) is 18.3. The molecule has 6 rings (SSSR count). The summed E-state index contributed by atoms with van der Waals surface area (Å²) < 4.78 is 16.6. The lowest BCUT2D eigenvalue weighted by Gasteiger charge is -2.43. The Labute approximate surface area is 239 Å². The second-order valence-electron chi connectivity index (χ2n) is 10.3. The van der Waals surface area contributed by atoms with Crippen molar-refractivity contribution in [2.75, 3.05) is 26.2 Å². The Morgan fingerprint density at radius 3 is 2.48 bits per heavy atom. The summed E-state index contributed by atoms with van der Waals surface area (Å²) in [6.45, 7) is 6.62. The Balaban J connectivity index is 1.21. The highest BCUT2D eigenvalue weighted by molar-refractivity contribution is 9.10. The highest BCUT2D eigenvalue weighted by Gasteiger charge is 2.35. The van der Waals surface area contributed by atoms with Crippen LogP contribution < -0.4 is 0 Å². The van der Waals surface area contributed by atoms with E-state index in [0.717, 1.165) is 27.9 Å². The summed E-state index contributed by atoms with van der Waals surface area (Å²) in [5.74, 6) is -0.394. The lowest BCUT2D eigenvalue weighted by molar-refractivity contribution is 0.0380. The van der Waals surface area contributed by atoms with Gasteiger partial charge in [-0.2, -0.15) is 0 Å². The molecule has 5 aromatic rings. The van der Waals surface area contributed by atoms with Crippen molar-refractivity contribution in [3.05, 3.63) is 101 Å². The van der Waals surface area contributed by atoms with Crippen LogP contribution in [0.15, 0.2) is 83.7 Å². The first-order valence-corrected chi connectivity index (χ1v) is 13.8. The van der Waals surface area contributed by atoms with Gasteiger partial charge in [-0.25, -0.2) is 14.1 Å². The molecule has 1 amide bonds. The van der Waals surface area contributed by atoms with Crippen molar-refractivity contribution in [1.82, 2.24) is 34.8 Å². The molecule has 40 heavy (non-hydrogen) atoms. The van der Waals surface area contributed by atoms with Gasteiger partial charge < -0.3 is 4.90 Å². The van der Waals surface area contributed by atoms with Gasteiger partial charge in [0.2, 0.25) is 0 Å². The van der Waals surface area contributed by atoms with Crippen LogP contribution in [-0.4, -0.2) is 66.8 Å². The zero-order valence-corrected chi connectivity index (χ0v) is 23.7. The molecule has 0 saturated carbocycles. The summed E-state index contributed by atoms with van der Waals surface area (Å²) in [4.78, 5) is 26.9. The number of carbonyl (C=O) groups is 1. The van der Waals surface area contributed by atoms with Crippen molar-refractivity contribution >= 4 is 32.7 Å². The number of para-hydroxylation sites is 1. The number of hydrogen-bond donors (Lipinski definition) is 0. The van der Waals surface area contributed by atoms with E-state index < -0.39 is 5.54 Å². The first kappa shape index (κ1) is 26.2. The summed E-state index contributed by atoms with van der Waals surface area (Å²) in [7, 11) is 0. The lowest BCUT2D eigenvalue weighted by Crippen LogP contribution is -2.54. The number of pyridine rings is 2. The molecule has 0 radical (unpaired) electrons. The average Bonchev–Trinajstić information content (AvgIpc) is 3.48. The van der Waals surface area contributed by atoms with Gasteiger partial charge in [0.1, 0.15) is 17.2 Å². The van der Waals surface area contributed by atoms with Gasteiger partial charge in [0.05, 0.1) is 28.5 Å². The maximum absolute atomic E-state index is 14.5. The average molecular weight is 600 g/mol. The fraction of sp³-hybridized carbons (Fsp3) is 0.233. The highest BCUT2D eigenvalue weighted by Crippen LogP contribution is 2.30. The Kier molecular flexibility index (Phi) is 6.89. The fourth-order valence-corrected chi connectivity index (χ4v) is 5.49. The number of benzene rings is 2. The number of fused-ring (bicyclic) bond motifs is 1. The molecule has 0 unspecified atom stereocenters. The molecule has 2 aromatic carbocycles. The smallest absolute Gasteiger partial charge is 0.254 e. The molecule has 3 aromatic heterocycles. The first-order valence-electron chi connectivity index (χ1n) is 13.0. The Morgan fingerprint density at radius 2 is 1.73 bits per heavy atom. The summed E-state index contributed by atoms with van der Waals surface area (Å²) >= 11 is 3.29. The van der Waals surface area contributed by atoms with E-state index in [1.165, 1.54) is 10.7 Å². The zero-order chi connectivity index (χ0) is 27.9. The third-order valence-corrected chi connectivity index (χ3v) is 8.05. The van der Waals surface area contributed by atoms with Crippen molar-refractivity contribution in [2.45, 2.75) is 19.4 Å². The van der Waals surface area contributed by atoms with Crippen LogP contribution in [0, 0.1) is 5.82 Å². The van der Waals surface area contributed by atoms with Crippen LogP contribution in [0.3, 0.4) is 0 Å². The predicted molar refractivity (Wildman–Crippen MR) is 154 cm³/mol. The molecule has 10 heteroatoms. The summed E-state index contributed by atoms with van der Waals surface area (Å²) in [6.07, 6.45) is 5.22. The monoisotopic (exact) mass is 599 g/mol.